The van der Waals surface area contributed by atoms with Crippen LogP contribution in [0.3, 0.4) is 0 Å². The van der Waals surface area contributed by atoms with Gasteiger partial charge < -0.3 is 20.1 Å². The summed E-state index contributed by atoms with van der Waals surface area (Å²) in [5.74, 6) is -2.58. The number of ether oxygens (including phenoxy) is 2. The second-order valence-corrected chi connectivity index (χ2v) is 9.18. The number of benzene rings is 4. The van der Waals surface area contributed by atoms with E-state index in [9.17, 15) is 19.2 Å². The molecule has 10 heteroatoms. The minimum absolute atomic E-state index is 0.159. The molecule has 0 saturated carbocycles. The molecule has 0 radical (unpaired) electrons. The largest absolute Gasteiger partial charge is 0.493 e. The molecule has 0 aliphatic rings. The lowest BCUT2D eigenvalue weighted by Gasteiger charge is -2.11. The summed E-state index contributed by atoms with van der Waals surface area (Å²) in [4.78, 5) is 50.1. The molecule has 10 nitrogen and oxygen atoms in total. The van der Waals surface area contributed by atoms with Gasteiger partial charge in [0, 0.05) is 5.69 Å². The molecule has 42 heavy (non-hydrogen) atoms. The highest BCUT2D eigenvalue weighted by Gasteiger charge is 2.18. The van der Waals surface area contributed by atoms with E-state index in [0.29, 0.717) is 16.8 Å². The normalized spacial score (nSPS) is 10.5. The fourth-order valence-electron chi connectivity index (χ4n) is 3.72. The Morgan fingerprint density at radius 3 is 2.10 bits per heavy atom. The van der Waals surface area contributed by atoms with Crippen LogP contribution in [0.25, 0.3) is 0 Å². The quantitative estimate of drug-likeness (QED) is 0.0919. The van der Waals surface area contributed by atoms with Crippen molar-refractivity contribution in [1.29, 1.82) is 0 Å². The molecule has 3 N–H and O–H groups in total. The summed E-state index contributed by atoms with van der Waals surface area (Å²) in [5.41, 5.74) is 6.03. The van der Waals surface area contributed by atoms with Crippen LogP contribution in [0.4, 0.5) is 11.4 Å². The molecule has 4 aromatic carbocycles. The Morgan fingerprint density at radius 2 is 1.40 bits per heavy atom. The van der Waals surface area contributed by atoms with Gasteiger partial charge in [0.15, 0.2) is 11.5 Å². The molecule has 0 aromatic heterocycles. The zero-order valence-electron chi connectivity index (χ0n) is 23.1. The van der Waals surface area contributed by atoms with Gasteiger partial charge >= 0.3 is 17.8 Å². The van der Waals surface area contributed by atoms with E-state index >= 15 is 0 Å². The molecule has 0 saturated heterocycles. The summed E-state index contributed by atoms with van der Waals surface area (Å²) in [5, 5.41) is 9.02. The zero-order valence-corrected chi connectivity index (χ0v) is 23.1. The van der Waals surface area contributed by atoms with Gasteiger partial charge in [-0.1, -0.05) is 47.5 Å². The second-order valence-electron chi connectivity index (χ2n) is 9.18. The van der Waals surface area contributed by atoms with Crippen molar-refractivity contribution in [3.8, 4) is 11.5 Å². The Bertz CT molecular complexity index is 1650. The number of rotatable bonds is 8. The van der Waals surface area contributed by atoms with Gasteiger partial charge in [0.25, 0.3) is 5.91 Å². The third kappa shape index (κ3) is 7.66. The van der Waals surface area contributed by atoms with Crippen LogP contribution >= 0.6 is 0 Å². The molecule has 212 valence electrons. The van der Waals surface area contributed by atoms with Crippen molar-refractivity contribution in [2.24, 2.45) is 5.10 Å². The molecule has 4 aromatic rings. The van der Waals surface area contributed by atoms with Crippen LogP contribution in [-0.4, -0.2) is 37.0 Å². The van der Waals surface area contributed by atoms with E-state index < -0.39 is 23.7 Å². The molecular weight excluding hydrogens is 536 g/mol. The first-order valence-electron chi connectivity index (χ1n) is 12.8. The van der Waals surface area contributed by atoms with Crippen molar-refractivity contribution in [1.82, 2.24) is 5.43 Å². The first kappa shape index (κ1) is 29.2. The van der Waals surface area contributed by atoms with Crippen molar-refractivity contribution in [3.63, 3.8) is 0 Å². The monoisotopic (exact) mass is 564 g/mol. The predicted octanol–water partition coefficient (Wildman–Crippen LogP) is 4.87. The molecule has 0 aliphatic heterocycles. The lowest BCUT2D eigenvalue weighted by molar-refractivity contribution is -0.136. The highest BCUT2D eigenvalue weighted by atomic mass is 16.6. The van der Waals surface area contributed by atoms with Gasteiger partial charge in [-0.15, -0.1) is 0 Å². The van der Waals surface area contributed by atoms with Crippen LogP contribution in [0.15, 0.2) is 96.1 Å². The standard InChI is InChI=1S/C32H28N4O6/c1-20-8-13-23(14-9-20)32(40)42-27-17-12-22(18-28(27)41-3)19-33-36-31(39)30(38)35-26-7-5-4-6-25(26)29(37)34-24-15-10-21(2)11-16-24/h4-19H,1-3H3,(H,34,37)(H,35,38)(H,36,39)/b33-19-. The average molecular weight is 565 g/mol. The van der Waals surface area contributed by atoms with E-state index in [4.69, 9.17) is 9.47 Å². The summed E-state index contributed by atoms with van der Waals surface area (Å²) < 4.78 is 10.8. The number of amides is 3. The van der Waals surface area contributed by atoms with Gasteiger partial charge in [0.1, 0.15) is 0 Å². The van der Waals surface area contributed by atoms with Gasteiger partial charge in [-0.3, -0.25) is 14.4 Å². The summed E-state index contributed by atoms with van der Waals surface area (Å²) >= 11 is 0. The summed E-state index contributed by atoms with van der Waals surface area (Å²) in [6.45, 7) is 3.85. The Hall–Kier alpha value is -5.77. The molecule has 0 fully saturated rings. The van der Waals surface area contributed by atoms with Crippen LogP contribution < -0.4 is 25.5 Å². The van der Waals surface area contributed by atoms with Gasteiger partial charge in [0.05, 0.1) is 30.1 Å². The Kier molecular flexibility index (Phi) is 9.41. The lowest BCUT2D eigenvalue weighted by Crippen LogP contribution is -2.33. The van der Waals surface area contributed by atoms with E-state index in [0.717, 1.165) is 11.1 Å². The van der Waals surface area contributed by atoms with Crippen LogP contribution in [-0.2, 0) is 9.59 Å². The third-order valence-electron chi connectivity index (χ3n) is 5.99. The molecule has 0 atom stereocenters. The predicted molar refractivity (Wildman–Crippen MR) is 159 cm³/mol. The molecular formula is C32H28N4O6. The Labute approximate surface area is 242 Å². The SMILES string of the molecule is COc1cc(/C=N\NC(=O)C(=O)Nc2ccccc2C(=O)Nc2ccc(C)cc2)ccc1OC(=O)c1ccc(C)cc1. The summed E-state index contributed by atoms with van der Waals surface area (Å²) in [6.07, 6.45) is 1.29. The molecule has 0 bridgehead atoms. The van der Waals surface area contributed by atoms with Crippen LogP contribution in [0, 0.1) is 13.8 Å². The van der Waals surface area contributed by atoms with Crippen molar-refractivity contribution in [2.45, 2.75) is 13.8 Å². The average Bonchev–Trinajstić information content (AvgIpc) is 2.99. The van der Waals surface area contributed by atoms with Crippen LogP contribution in [0.2, 0.25) is 0 Å². The first-order chi connectivity index (χ1) is 20.2. The summed E-state index contributed by atoms with van der Waals surface area (Å²) in [6, 6.07) is 25.2. The number of para-hydroxylation sites is 1. The maximum absolute atomic E-state index is 12.8. The number of carbonyl (C=O) groups is 4. The highest BCUT2D eigenvalue weighted by Crippen LogP contribution is 2.28. The second kappa shape index (κ2) is 13.5. The highest BCUT2D eigenvalue weighted by molar-refractivity contribution is 6.40. The van der Waals surface area contributed by atoms with E-state index in [2.05, 4.69) is 21.2 Å². The van der Waals surface area contributed by atoms with Gasteiger partial charge in [-0.2, -0.15) is 5.10 Å². The fraction of sp³-hybridized carbons (Fsp3) is 0.0938. The topological polar surface area (TPSA) is 135 Å². The summed E-state index contributed by atoms with van der Waals surface area (Å²) in [7, 11) is 1.42. The number of carbonyl (C=O) groups excluding carboxylic acids is 4. The van der Waals surface area contributed by atoms with E-state index in [1.54, 1.807) is 48.5 Å². The maximum atomic E-state index is 12.8. The molecule has 0 heterocycles. The van der Waals surface area contributed by atoms with E-state index in [-0.39, 0.29) is 22.7 Å². The fourth-order valence-corrected chi connectivity index (χ4v) is 3.72. The van der Waals surface area contributed by atoms with Gasteiger partial charge in [0.2, 0.25) is 0 Å². The van der Waals surface area contributed by atoms with Gasteiger partial charge in [-0.25, -0.2) is 10.2 Å². The molecule has 4 rings (SSSR count). The van der Waals surface area contributed by atoms with Crippen molar-refractivity contribution >= 4 is 41.3 Å². The molecule has 0 unspecified atom stereocenters. The Morgan fingerprint density at radius 1 is 0.738 bits per heavy atom. The molecule has 3 amide bonds. The zero-order chi connectivity index (χ0) is 30.1. The minimum Gasteiger partial charge on any atom is -0.493 e. The van der Waals surface area contributed by atoms with Gasteiger partial charge in [-0.05, 0) is 74.0 Å². The number of nitrogens with one attached hydrogen (secondary N) is 3. The smallest absolute Gasteiger partial charge is 0.343 e. The number of esters is 1. The molecule has 0 spiro atoms. The van der Waals surface area contributed by atoms with Crippen LogP contribution in [0.5, 0.6) is 11.5 Å². The number of hydrazone groups is 1. The first-order valence-corrected chi connectivity index (χ1v) is 12.8. The van der Waals surface area contributed by atoms with Crippen molar-refractivity contribution in [2.75, 3.05) is 17.7 Å². The number of anilines is 2. The maximum Gasteiger partial charge on any atom is 0.343 e. The van der Waals surface area contributed by atoms with Crippen molar-refractivity contribution < 1.29 is 28.7 Å². The number of hydrogen-bond acceptors (Lipinski definition) is 7. The number of hydrogen-bond donors (Lipinski definition) is 3. The third-order valence-corrected chi connectivity index (χ3v) is 5.99. The minimum atomic E-state index is -1.05. The number of methoxy groups -OCH3 is 1. The van der Waals surface area contributed by atoms with Crippen molar-refractivity contribution in [3.05, 3.63) is 119 Å². The van der Waals surface area contributed by atoms with E-state index in [1.807, 2.05) is 38.1 Å². The lowest BCUT2D eigenvalue weighted by atomic mass is 10.1. The van der Waals surface area contributed by atoms with Crippen LogP contribution in [0.1, 0.15) is 37.4 Å². The number of aryl methyl sites for hydroxylation is 2. The van der Waals surface area contributed by atoms with E-state index in [1.165, 1.54) is 31.5 Å². The number of nitrogens with zero attached hydrogens (tertiary/aromatic N) is 1. The molecule has 0 aliphatic carbocycles. The Balaban J connectivity index is 1.35.